The van der Waals surface area contributed by atoms with E-state index in [4.69, 9.17) is 4.42 Å². The number of thioether (sulfide) groups is 2. The van der Waals surface area contributed by atoms with E-state index < -0.39 is 0 Å². The minimum atomic E-state index is 0.0123. The fourth-order valence-electron chi connectivity index (χ4n) is 3.39. The SMILES string of the molecule is CSc1ncccc1NC(=O)CN1CCN(CCSc2nc3ccccc3o2)CC1. The zero-order chi connectivity index (χ0) is 20.8. The van der Waals surface area contributed by atoms with Gasteiger partial charge in [-0.3, -0.25) is 14.6 Å². The van der Waals surface area contributed by atoms with E-state index >= 15 is 0 Å². The topological polar surface area (TPSA) is 74.5 Å². The number of hydrogen-bond donors (Lipinski definition) is 1. The lowest BCUT2D eigenvalue weighted by molar-refractivity contribution is -0.117. The van der Waals surface area contributed by atoms with Gasteiger partial charge in [-0.2, -0.15) is 0 Å². The summed E-state index contributed by atoms with van der Waals surface area (Å²) in [6, 6.07) is 11.6. The highest BCUT2D eigenvalue weighted by Crippen LogP contribution is 2.23. The molecule has 0 aliphatic carbocycles. The van der Waals surface area contributed by atoms with Gasteiger partial charge in [-0.25, -0.2) is 9.97 Å². The van der Waals surface area contributed by atoms with Crippen molar-refractivity contribution in [1.82, 2.24) is 19.8 Å². The van der Waals surface area contributed by atoms with E-state index in [0.717, 1.165) is 65.5 Å². The number of nitrogens with one attached hydrogen (secondary N) is 1. The molecule has 1 amide bonds. The fourth-order valence-corrected chi connectivity index (χ4v) is 4.73. The minimum absolute atomic E-state index is 0.0123. The lowest BCUT2D eigenvalue weighted by atomic mass is 10.3. The summed E-state index contributed by atoms with van der Waals surface area (Å²) in [5.41, 5.74) is 2.52. The molecule has 0 radical (unpaired) electrons. The van der Waals surface area contributed by atoms with Crippen molar-refractivity contribution in [3.63, 3.8) is 0 Å². The molecule has 3 aromatic rings. The number of pyridine rings is 1. The van der Waals surface area contributed by atoms with Gasteiger partial charge in [-0.15, -0.1) is 11.8 Å². The molecule has 1 N–H and O–H groups in total. The Morgan fingerprint density at radius 3 is 2.73 bits per heavy atom. The third kappa shape index (κ3) is 5.54. The van der Waals surface area contributed by atoms with E-state index in [-0.39, 0.29) is 5.91 Å². The molecule has 1 saturated heterocycles. The highest BCUT2D eigenvalue weighted by Gasteiger charge is 2.19. The summed E-state index contributed by atoms with van der Waals surface area (Å²) in [4.78, 5) is 25.8. The van der Waals surface area contributed by atoms with E-state index in [9.17, 15) is 4.79 Å². The van der Waals surface area contributed by atoms with Gasteiger partial charge >= 0.3 is 0 Å². The normalized spacial score (nSPS) is 15.5. The van der Waals surface area contributed by atoms with Crippen LogP contribution in [0, 0.1) is 0 Å². The van der Waals surface area contributed by atoms with Crippen LogP contribution in [0.15, 0.2) is 57.3 Å². The molecule has 3 heterocycles. The molecule has 158 valence electrons. The van der Waals surface area contributed by atoms with Gasteiger partial charge in [0.15, 0.2) is 5.58 Å². The minimum Gasteiger partial charge on any atom is -0.431 e. The molecule has 0 unspecified atom stereocenters. The lowest BCUT2D eigenvalue weighted by Crippen LogP contribution is -2.49. The predicted octanol–water partition coefficient (Wildman–Crippen LogP) is 3.29. The number of fused-ring (bicyclic) bond motifs is 1. The van der Waals surface area contributed by atoms with Gasteiger partial charge in [-0.05, 0) is 30.5 Å². The van der Waals surface area contributed by atoms with Crippen molar-refractivity contribution < 1.29 is 9.21 Å². The number of benzene rings is 1. The standard InChI is InChI=1S/C21H25N5O2S2/c1-29-20-17(6-4-8-22-20)23-19(27)15-26-11-9-25(10-12-26)13-14-30-21-24-16-5-2-3-7-18(16)28-21/h2-8H,9-15H2,1H3,(H,23,27). The molecule has 1 fully saturated rings. The van der Waals surface area contributed by atoms with Gasteiger partial charge < -0.3 is 9.73 Å². The number of para-hydroxylation sites is 2. The van der Waals surface area contributed by atoms with Crippen molar-refractivity contribution in [1.29, 1.82) is 0 Å². The Kier molecular flexibility index (Phi) is 7.27. The largest absolute Gasteiger partial charge is 0.431 e. The van der Waals surface area contributed by atoms with Gasteiger partial charge in [0, 0.05) is 44.7 Å². The van der Waals surface area contributed by atoms with Crippen LogP contribution in [-0.4, -0.2) is 77.0 Å². The molecule has 1 aliphatic heterocycles. The van der Waals surface area contributed by atoms with Gasteiger partial charge in [-0.1, -0.05) is 23.9 Å². The average molecular weight is 444 g/mol. The van der Waals surface area contributed by atoms with Gasteiger partial charge in [0.1, 0.15) is 10.5 Å². The zero-order valence-electron chi connectivity index (χ0n) is 16.9. The Hall–Kier alpha value is -2.07. The molecule has 9 heteroatoms. The van der Waals surface area contributed by atoms with E-state index in [0.29, 0.717) is 6.54 Å². The van der Waals surface area contributed by atoms with Crippen LogP contribution in [0.5, 0.6) is 0 Å². The monoisotopic (exact) mass is 443 g/mol. The number of carbonyl (C=O) groups excluding carboxylic acids is 1. The first-order chi connectivity index (χ1) is 14.7. The Morgan fingerprint density at radius 2 is 1.93 bits per heavy atom. The molecule has 0 bridgehead atoms. The number of hydrogen-bond acceptors (Lipinski definition) is 8. The third-order valence-corrected chi connectivity index (χ3v) is 6.50. The fraction of sp³-hybridized carbons (Fsp3) is 0.381. The van der Waals surface area contributed by atoms with Crippen LogP contribution in [0.4, 0.5) is 5.69 Å². The number of piperazine rings is 1. The maximum Gasteiger partial charge on any atom is 0.256 e. The van der Waals surface area contributed by atoms with Crippen molar-refractivity contribution in [2.75, 3.05) is 56.6 Å². The van der Waals surface area contributed by atoms with Crippen LogP contribution in [0.1, 0.15) is 0 Å². The average Bonchev–Trinajstić information content (AvgIpc) is 3.18. The molecular weight excluding hydrogens is 418 g/mol. The van der Waals surface area contributed by atoms with Gasteiger partial charge in [0.25, 0.3) is 5.22 Å². The molecule has 1 aliphatic rings. The van der Waals surface area contributed by atoms with Gasteiger partial charge in [0.2, 0.25) is 5.91 Å². The summed E-state index contributed by atoms with van der Waals surface area (Å²) in [5, 5.41) is 4.55. The molecule has 7 nitrogen and oxygen atoms in total. The molecule has 4 rings (SSSR count). The Morgan fingerprint density at radius 1 is 1.13 bits per heavy atom. The molecule has 0 saturated carbocycles. The first-order valence-electron chi connectivity index (χ1n) is 9.93. The van der Waals surface area contributed by atoms with Crippen molar-refractivity contribution in [3.05, 3.63) is 42.6 Å². The van der Waals surface area contributed by atoms with E-state index in [1.807, 2.05) is 42.7 Å². The maximum atomic E-state index is 12.4. The predicted molar refractivity (Wildman–Crippen MR) is 122 cm³/mol. The Labute approximate surface area is 184 Å². The number of aromatic nitrogens is 2. The second kappa shape index (κ2) is 10.3. The van der Waals surface area contributed by atoms with Crippen molar-refractivity contribution in [3.8, 4) is 0 Å². The summed E-state index contributed by atoms with van der Waals surface area (Å²) >= 11 is 3.18. The second-order valence-electron chi connectivity index (χ2n) is 7.02. The first kappa shape index (κ1) is 21.2. The number of amides is 1. The first-order valence-corrected chi connectivity index (χ1v) is 12.1. The molecular formula is C21H25N5O2S2. The number of rotatable bonds is 8. The molecule has 0 atom stereocenters. The van der Waals surface area contributed by atoms with Crippen molar-refractivity contribution >= 4 is 46.2 Å². The summed E-state index contributed by atoms with van der Waals surface area (Å²) < 4.78 is 5.76. The lowest BCUT2D eigenvalue weighted by Gasteiger charge is -2.34. The van der Waals surface area contributed by atoms with Crippen molar-refractivity contribution in [2.45, 2.75) is 10.2 Å². The van der Waals surface area contributed by atoms with E-state index in [2.05, 4.69) is 25.1 Å². The second-order valence-corrected chi connectivity index (χ2v) is 8.86. The van der Waals surface area contributed by atoms with Crippen LogP contribution in [0.3, 0.4) is 0 Å². The van der Waals surface area contributed by atoms with Crippen LogP contribution in [-0.2, 0) is 4.79 Å². The zero-order valence-corrected chi connectivity index (χ0v) is 18.5. The van der Waals surface area contributed by atoms with Crippen LogP contribution in [0.2, 0.25) is 0 Å². The smallest absolute Gasteiger partial charge is 0.256 e. The highest BCUT2D eigenvalue weighted by atomic mass is 32.2. The van der Waals surface area contributed by atoms with Crippen LogP contribution < -0.4 is 5.32 Å². The highest BCUT2D eigenvalue weighted by molar-refractivity contribution is 7.99. The summed E-state index contributed by atoms with van der Waals surface area (Å²) in [5.74, 6) is 0.949. The van der Waals surface area contributed by atoms with E-state index in [1.165, 1.54) is 11.8 Å². The van der Waals surface area contributed by atoms with Crippen LogP contribution in [0.25, 0.3) is 11.1 Å². The molecule has 2 aromatic heterocycles. The quantitative estimate of drug-likeness (QED) is 0.532. The number of carbonyl (C=O) groups is 1. The third-order valence-electron chi connectivity index (χ3n) is 4.98. The molecule has 1 aromatic carbocycles. The summed E-state index contributed by atoms with van der Waals surface area (Å²) in [7, 11) is 0. The van der Waals surface area contributed by atoms with Crippen LogP contribution >= 0.6 is 23.5 Å². The maximum absolute atomic E-state index is 12.4. The van der Waals surface area contributed by atoms with Crippen molar-refractivity contribution in [2.24, 2.45) is 0 Å². The van der Waals surface area contributed by atoms with Gasteiger partial charge in [0.05, 0.1) is 12.2 Å². The number of nitrogens with zero attached hydrogens (tertiary/aromatic N) is 4. The summed E-state index contributed by atoms with van der Waals surface area (Å²) in [6.45, 7) is 5.10. The van der Waals surface area contributed by atoms with E-state index in [1.54, 1.807) is 18.0 Å². The Bertz CT molecular complexity index is 955. The number of anilines is 1. The number of oxazole rings is 1. The Balaban J connectivity index is 1.17. The molecule has 0 spiro atoms. The summed E-state index contributed by atoms with van der Waals surface area (Å²) in [6.07, 6.45) is 3.70. The molecule has 30 heavy (non-hydrogen) atoms.